The first-order chi connectivity index (χ1) is 5.15. The summed E-state index contributed by atoms with van der Waals surface area (Å²) in [6, 6.07) is 3.23. The molecule has 0 aromatic heterocycles. The number of phenols is 1. The number of hydrogen-bond acceptors (Lipinski definition) is 1. The van der Waals surface area contributed by atoms with E-state index in [4.69, 9.17) is 7.85 Å². The van der Waals surface area contributed by atoms with E-state index in [2.05, 4.69) is 0 Å². The highest BCUT2D eigenvalue weighted by Gasteiger charge is 1.86. The third-order valence-corrected chi connectivity index (χ3v) is 1.20. The van der Waals surface area contributed by atoms with Gasteiger partial charge in [-0.15, -0.1) is 0 Å². The Labute approximate surface area is 57.8 Å². The lowest BCUT2D eigenvalue weighted by Crippen LogP contribution is -1.75. The second-order valence-electron chi connectivity index (χ2n) is 1.85. The van der Waals surface area contributed by atoms with Gasteiger partial charge in [0, 0.05) is 0 Å². The fourth-order valence-corrected chi connectivity index (χ4v) is 0.610. The van der Waals surface area contributed by atoms with Crippen molar-refractivity contribution in [3.63, 3.8) is 0 Å². The number of aryl methyl sites for hydroxylation is 1. The largest absolute Gasteiger partial charge is 0.508 e. The number of hydrogen-bond donors (Lipinski definition) is 1. The van der Waals surface area contributed by atoms with E-state index < -0.39 is 0 Å². The van der Waals surface area contributed by atoms with E-state index in [1.165, 1.54) is 0 Å². The van der Waals surface area contributed by atoms with Gasteiger partial charge in [0.1, 0.15) is 5.75 Å². The van der Waals surface area contributed by atoms with Crippen molar-refractivity contribution < 1.29 is 7.85 Å². The van der Waals surface area contributed by atoms with Gasteiger partial charge in [0.05, 0.1) is 2.74 Å². The first-order valence-electron chi connectivity index (χ1n) is 3.94. The number of rotatable bonds is 1. The molecule has 0 unspecified atom stereocenters. The van der Waals surface area contributed by atoms with Crippen molar-refractivity contribution in [2.45, 2.75) is 13.3 Å². The molecule has 0 aliphatic heterocycles. The molecular formula is C8H10O. The summed E-state index contributed by atoms with van der Waals surface area (Å²) in [7, 11) is 0. The highest BCUT2D eigenvalue weighted by Crippen LogP contribution is 2.09. The van der Waals surface area contributed by atoms with Crippen LogP contribution in [0.2, 0.25) is 0 Å². The van der Waals surface area contributed by atoms with Crippen LogP contribution in [0.15, 0.2) is 24.2 Å². The van der Waals surface area contributed by atoms with Crippen molar-refractivity contribution in [1.82, 2.24) is 0 Å². The zero-order chi connectivity index (χ0) is 8.43. The minimum atomic E-state index is -0.234. The Morgan fingerprint density at radius 1 is 1.56 bits per heavy atom. The monoisotopic (exact) mass is 124 g/mol. The van der Waals surface area contributed by atoms with Gasteiger partial charge in [-0.25, -0.2) is 0 Å². The molecule has 0 saturated heterocycles. The Balaban J connectivity index is 3.21. The summed E-state index contributed by atoms with van der Waals surface area (Å²) in [5.74, 6) is -0.234. The molecule has 0 radical (unpaired) electrons. The zero-order valence-corrected chi connectivity index (χ0v) is 5.31. The molecule has 48 valence electrons. The van der Waals surface area contributed by atoms with E-state index in [1.807, 2.05) is 6.92 Å². The second-order valence-corrected chi connectivity index (χ2v) is 1.85. The van der Waals surface area contributed by atoms with Gasteiger partial charge in [0.15, 0.2) is 0 Å². The van der Waals surface area contributed by atoms with Gasteiger partial charge in [0.2, 0.25) is 0 Å². The molecule has 0 aliphatic rings. The summed E-state index contributed by atoms with van der Waals surface area (Å²) in [4.78, 5) is 0. The SMILES string of the molecule is [2H]c1cc(CC)cc([2H])c1O. The molecule has 1 heteroatoms. The van der Waals surface area contributed by atoms with Crippen LogP contribution < -0.4 is 0 Å². The van der Waals surface area contributed by atoms with Gasteiger partial charge in [0.25, 0.3) is 0 Å². The Morgan fingerprint density at radius 2 is 2.11 bits per heavy atom. The van der Waals surface area contributed by atoms with Crippen LogP contribution in [-0.4, -0.2) is 5.11 Å². The van der Waals surface area contributed by atoms with E-state index in [1.54, 1.807) is 12.1 Å². The van der Waals surface area contributed by atoms with Gasteiger partial charge in [-0.05, 0) is 24.1 Å². The molecule has 9 heavy (non-hydrogen) atoms. The Hall–Kier alpha value is -0.980. The minimum Gasteiger partial charge on any atom is -0.508 e. The van der Waals surface area contributed by atoms with Gasteiger partial charge in [-0.3, -0.25) is 0 Å². The maximum Gasteiger partial charge on any atom is 0.115 e. The van der Waals surface area contributed by atoms with Crippen LogP contribution in [0, 0.1) is 0 Å². The summed E-state index contributed by atoms with van der Waals surface area (Å²) >= 11 is 0. The summed E-state index contributed by atoms with van der Waals surface area (Å²) in [5.41, 5.74) is 0.915. The summed E-state index contributed by atoms with van der Waals surface area (Å²) < 4.78 is 14.5. The number of phenolic OH excluding ortho intramolecular Hbond substituents is 1. The standard InChI is InChI=1S/C8H10O/c1-2-7-3-5-8(9)6-4-7/h3-6,9H,2H2,1H3/i5D,6D. The average Bonchev–Trinajstić information content (AvgIpc) is 1.99. The Kier molecular flexibility index (Phi) is 1.11. The molecule has 1 rings (SSSR count). The molecule has 0 saturated carbocycles. The molecule has 0 amide bonds. The van der Waals surface area contributed by atoms with Crippen LogP contribution in [0.4, 0.5) is 0 Å². The van der Waals surface area contributed by atoms with Crippen LogP contribution >= 0.6 is 0 Å². The summed E-state index contributed by atoms with van der Waals surface area (Å²) in [5, 5.41) is 9.05. The number of benzene rings is 1. The zero-order valence-electron chi connectivity index (χ0n) is 7.31. The predicted octanol–water partition coefficient (Wildman–Crippen LogP) is 1.95. The lowest BCUT2D eigenvalue weighted by molar-refractivity contribution is 0.475. The Bertz CT molecular complexity index is 248. The van der Waals surface area contributed by atoms with Gasteiger partial charge in [-0.1, -0.05) is 19.1 Å². The van der Waals surface area contributed by atoms with Crippen molar-refractivity contribution in [3.05, 3.63) is 29.8 Å². The highest BCUT2D eigenvalue weighted by molar-refractivity contribution is 5.25. The normalized spacial score (nSPS) is 12.6. The quantitative estimate of drug-likeness (QED) is 0.606. The molecule has 1 N–H and O–H groups in total. The Morgan fingerprint density at radius 3 is 2.56 bits per heavy atom. The molecule has 1 aromatic carbocycles. The second kappa shape index (κ2) is 2.53. The molecule has 1 aromatic rings. The van der Waals surface area contributed by atoms with Crippen LogP contribution in [0.25, 0.3) is 0 Å². The lowest BCUT2D eigenvalue weighted by Gasteiger charge is -1.93. The molecule has 0 bridgehead atoms. The van der Waals surface area contributed by atoms with Gasteiger partial charge in [-0.2, -0.15) is 0 Å². The maximum absolute atomic E-state index is 9.05. The molecule has 0 aliphatic carbocycles. The molecule has 1 nitrogen and oxygen atoms in total. The summed E-state index contributed by atoms with van der Waals surface area (Å²) in [6.45, 7) is 1.95. The average molecular weight is 124 g/mol. The van der Waals surface area contributed by atoms with Gasteiger partial charge < -0.3 is 5.11 Å². The lowest BCUT2D eigenvalue weighted by atomic mass is 10.2. The van der Waals surface area contributed by atoms with E-state index >= 15 is 0 Å². The third kappa shape index (κ3) is 1.46. The van der Waals surface area contributed by atoms with Crippen molar-refractivity contribution in [3.8, 4) is 5.75 Å². The van der Waals surface area contributed by atoms with E-state index in [-0.39, 0.29) is 17.8 Å². The van der Waals surface area contributed by atoms with Crippen molar-refractivity contribution in [2.24, 2.45) is 0 Å². The van der Waals surface area contributed by atoms with Crippen LogP contribution in [0.5, 0.6) is 5.75 Å². The van der Waals surface area contributed by atoms with E-state index in [0.29, 0.717) is 0 Å². The van der Waals surface area contributed by atoms with Crippen LogP contribution in [0.3, 0.4) is 0 Å². The predicted molar refractivity (Wildman–Crippen MR) is 37.5 cm³/mol. The minimum absolute atomic E-state index is 0.0364. The third-order valence-electron chi connectivity index (χ3n) is 1.20. The molecule has 0 spiro atoms. The fourth-order valence-electron chi connectivity index (χ4n) is 0.610. The first kappa shape index (κ1) is 3.94. The van der Waals surface area contributed by atoms with Crippen LogP contribution in [-0.2, 0) is 6.42 Å². The van der Waals surface area contributed by atoms with Crippen molar-refractivity contribution >= 4 is 0 Å². The fraction of sp³-hybridized carbons (Fsp3) is 0.250. The summed E-state index contributed by atoms with van der Waals surface area (Å²) in [6.07, 6.45) is 0.790. The smallest absolute Gasteiger partial charge is 0.115 e. The topological polar surface area (TPSA) is 20.2 Å². The van der Waals surface area contributed by atoms with E-state index in [9.17, 15) is 0 Å². The van der Waals surface area contributed by atoms with Crippen LogP contribution in [0.1, 0.15) is 15.2 Å². The molecule has 0 atom stereocenters. The highest BCUT2D eigenvalue weighted by atomic mass is 16.3. The van der Waals surface area contributed by atoms with Crippen molar-refractivity contribution in [2.75, 3.05) is 0 Å². The first-order valence-corrected chi connectivity index (χ1v) is 2.94. The van der Waals surface area contributed by atoms with Crippen molar-refractivity contribution in [1.29, 1.82) is 0 Å². The number of aromatic hydroxyl groups is 1. The van der Waals surface area contributed by atoms with Gasteiger partial charge >= 0.3 is 0 Å². The molecule has 0 fully saturated rings. The molecular weight excluding hydrogens is 112 g/mol. The maximum atomic E-state index is 9.05. The molecule has 0 heterocycles. The van der Waals surface area contributed by atoms with E-state index in [0.717, 1.165) is 12.0 Å².